The molecule has 0 saturated carbocycles. The number of rotatable bonds is 3. The Hall–Kier alpha value is -0.770. The van der Waals surface area contributed by atoms with E-state index in [0.717, 1.165) is 5.69 Å². The van der Waals surface area contributed by atoms with Crippen molar-refractivity contribution in [1.29, 1.82) is 0 Å². The molecule has 15 heavy (non-hydrogen) atoms. The summed E-state index contributed by atoms with van der Waals surface area (Å²) in [6.45, 7) is 0.288. The number of likely N-dealkylation sites (N-methyl/N-ethyl adjacent to an activating group) is 2. The number of nitrogens with zero attached hydrogens (tertiary/aromatic N) is 1. The molecule has 0 aliphatic rings. The van der Waals surface area contributed by atoms with Crippen LogP contribution in [-0.4, -0.2) is 26.5 Å². The lowest BCUT2D eigenvalue weighted by Crippen LogP contribution is -2.34. The predicted octanol–water partition coefficient (Wildman–Crippen LogP) is 2.18. The van der Waals surface area contributed by atoms with E-state index in [1.807, 2.05) is 0 Å². The highest BCUT2D eigenvalue weighted by atomic mass is 35.5. The van der Waals surface area contributed by atoms with Gasteiger partial charge in [-0.2, -0.15) is 0 Å². The van der Waals surface area contributed by atoms with Crippen LogP contribution in [0.3, 0.4) is 0 Å². The molecule has 0 bridgehead atoms. The Morgan fingerprint density at radius 2 is 2.07 bits per heavy atom. The molecule has 1 N–H and O–H groups in total. The van der Waals surface area contributed by atoms with Crippen LogP contribution in [0.4, 0.5) is 5.69 Å². The minimum atomic E-state index is -0.0316. The van der Waals surface area contributed by atoms with Gasteiger partial charge >= 0.3 is 0 Å². The Morgan fingerprint density at radius 1 is 1.40 bits per heavy atom. The monoisotopic (exact) mass is 246 g/mol. The number of carbonyl (C=O) groups is 1. The van der Waals surface area contributed by atoms with E-state index in [-0.39, 0.29) is 12.5 Å². The maximum atomic E-state index is 11.5. The molecule has 0 fully saturated rings. The van der Waals surface area contributed by atoms with E-state index < -0.39 is 0 Å². The highest BCUT2D eigenvalue weighted by Crippen LogP contribution is 2.26. The second-order valence-corrected chi connectivity index (χ2v) is 3.90. The van der Waals surface area contributed by atoms with Gasteiger partial charge in [-0.25, -0.2) is 0 Å². The first-order chi connectivity index (χ1) is 7.06. The van der Waals surface area contributed by atoms with E-state index in [4.69, 9.17) is 23.2 Å². The number of nitrogens with one attached hydrogen (secondary N) is 1. The van der Waals surface area contributed by atoms with Crippen LogP contribution >= 0.6 is 23.2 Å². The molecule has 1 aromatic carbocycles. The number of hydrogen-bond donors (Lipinski definition) is 1. The van der Waals surface area contributed by atoms with Crippen LogP contribution in [0, 0.1) is 0 Å². The number of benzene rings is 1. The van der Waals surface area contributed by atoms with Crippen molar-refractivity contribution in [2.45, 2.75) is 0 Å². The van der Waals surface area contributed by atoms with Crippen LogP contribution in [0.5, 0.6) is 0 Å². The Kier molecular flexibility index (Phi) is 4.39. The van der Waals surface area contributed by atoms with Crippen molar-refractivity contribution in [2.24, 2.45) is 0 Å². The number of amides is 1. The lowest BCUT2D eigenvalue weighted by molar-refractivity contribution is -0.117. The van der Waals surface area contributed by atoms with Gasteiger partial charge < -0.3 is 10.2 Å². The van der Waals surface area contributed by atoms with Gasteiger partial charge in [-0.1, -0.05) is 23.2 Å². The van der Waals surface area contributed by atoms with Crippen LogP contribution < -0.4 is 10.2 Å². The number of halogens is 2. The Labute approximate surface area is 99.0 Å². The SMILES string of the molecule is CNCC(=O)N(C)c1ccc(Cl)c(Cl)c1. The zero-order valence-electron chi connectivity index (χ0n) is 8.55. The molecule has 0 aromatic heterocycles. The third kappa shape index (κ3) is 3.09. The third-order valence-corrected chi connectivity index (χ3v) is 2.73. The molecule has 0 saturated heterocycles. The summed E-state index contributed by atoms with van der Waals surface area (Å²) in [5.41, 5.74) is 0.727. The molecule has 0 radical (unpaired) electrons. The van der Waals surface area contributed by atoms with Crippen molar-refractivity contribution in [3.63, 3.8) is 0 Å². The fourth-order valence-electron chi connectivity index (χ4n) is 1.11. The summed E-state index contributed by atoms with van der Waals surface area (Å²) < 4.78 is 0. The van der Waals surface area contributed by atoms with Crippen LogP contribution in [-0.2, 0) is 4.79 Å². The zero-order valence-corrected chi connectivity index (χ0v) is 10.1. The van der Waals surface area contributed by atoms with Gasteiger partial charge in [-0.3, -0.25) is 4.79 Å². The normalized spacial score (nSPS) is 10.1. The molecule has 0 atom stereocenters. The van der Waals surface area contributed by atoms with Gasteiger partial charge in [0.1, 0.15) is 0 Å². The molecule has 0 unspecified atom stereocenters. The van der Waals surface area contributed by atoms with E-state index >= 15 is 0 Å². The molecular weight excluding hydrogens is 235 g/mol. The summed E-state index contributed by atoms with van der Waals surface area (Å²) in [5.74, 6) is -0.0316. The number of carbonyl (C=O) groups excluding carboxylic acids is 1. The van der Waals surface area contributed by atoms with Gasteiger partial charge in [0.15, 0.2) is 0 Å². The van der Waals surface area contributed by atoms with Gasteiger partial charge in [-0.05, 0) is 25.2 Å². The molecule has 0 aliphatic heterocycles. The number of anilines is 1. The van der Waals surface area contributed by atoms with Crippen LogP contribution in [0.1, 0.15) is 0 Å². The summed E-state index contributed by atoms with van der Waals surface area (Å²) in [5, 5.41) is 3.72. The van der Waals surface area contributed by atoms with Gasteiger partial charge in [0.2, 0.25) is 5.91 Å². The average molecular weight is 247 g/mol. The maximum Gasteiger partial charge on any atom is 0.240 e. The highest BCUT2D eigenvalue weighted by Gasteiger charge is 2.10. The van der Waals surface area contributed by atoms with E-state index in [2.05, 4.69) is 5.32 Å². The molecule has 1 aromatic rings. The molecule has 1 amide bonds. The molecule has 5 heteroatoms. The minimum Gasteiger partial charge on any atom is -0.314 e. The fourth-order valence-corrected chi connectivity index (χ4v) is 1.40. The second kappa shape index (κ2) is 5.35. The van der Waals surface area contributed by atoms with Crippen molar-refractivity contribution >= 4 is 34.8 Å². The summed E-state index contributed by atoms with van der Waals surface area (Å²) in [6.07, 6.45) is 0. The first-order valence-electron chi connectivity index (χ1n) is 4.42. The Bertz CT molecular complexity index is 368. The molecule has 0 aliphatic carbocycles. The molecule has 82 valence electrons. The first kappa shape index (κ1) is 12.3. The van der Waals surface area contributed by atoms with E-state index in [1.165, 1.54) is 4.90 Å². The van der Waals surface area contributed by atoms with Gasteiger partial charge in [0, 0.05) is 12.7 Å². The van der Waals surface area contributed by atoms with Gasteiger partial charge in [0.25, 0.3) is 0 Å². The van der Waals surface area contributed by atoms with Crippen molar-refractivity contribution in [3.05, 3.63) is 28.2 Å². The zero-order chi connectivity index (χ0) is 11.4. The quantitative estimate of drug-likeness (QED) is 0.887. The second-order valence-electron chi connectivity index (χ2n) is 3.08. The molecule has 0 spiro atoms. The minimum absolute atomic E-state index is 0.0316. The molecule has 3 nitrogen and oxygen atoms in total. The summed E-state index contributed by atoms with van der Waals surface area (Å²) in [7, 11) is 3.42. The highest BCUT2D eigenvalue weighted by molar-refractivity contribution is 6.42. The first-order valence-corrected chi connectivity index (χ1v) is 5.18. The van der Waals surface area contributed by atoms with E-state index in [0.29, 0.717) is 10.0 Å². The summed E-state index contributed by atoms with van der Waals surface area (Å²) >= 11 is 11.6. The number of hydrogen-bond acceptors (Lipinski definition) is 2. The maximum absolute atomic E-state index is 11.5. The molecule has 0 heterocycles. The predicted molar refractivity (Wildman–Crippen MR) is 63.8 cm³/mol. The van der Waals surface area contributed by atoms with Gasteiger partial charge in [-0.15, -0.1) is 0 Å². The standard InChI is InChI=1S/C10H12Cl2N2O/c1-13-6-10(15)14(2)7-3-4-8(11)9(12)5-7/h3-5,13H,6H2,1-2H3. The van der Waals surface area contributed by atoms with E-state index in [1.54, 1.807) is 32.3 Å². The topological polar surface area (TPSA) is 32.3 Å². The van der Waals surface area contributed by atoms with E-state index in [9.17, 15) is 4.79 Å². The Morgan fingerprint density at radius 3 is 2.60 bits per heavy atom. The Balaban J connectivity index is 2.86. The van der Waals surface area contributed by atoms with Gasteiger partial charge in [0.05, 0.1) is 16.6 Å². The van der Waals surface area contributed by atoms with Crippen molar-refractivity contribution in [2.75, 3.05) is 25.5 Å². The lowest BCUT2D eigenvalue weighted by atomic mass is 10.3. The third-order valence-electron chi connectivity index (χ3n) is 1.99. The largest absolute Gasteiger partial charge is 0.314 e. The molecular formula is C10H12Cl2N2O. The average Bonchev–Trinajstić information content (AvgIpc) is 2.21. The van der Waals surface area contributed by atoms with Crippen molar-refractivity contribution in [3.8, 4) is 0 Å². The van der Waals surface area contributed by atoms with Crippen molar-refractivity contribution < 1.29 is 4.79 Å². The molecule has 1 rings (SSSR count). The lowest BCUT2D eigenvalue weighted by Gasteiger charge is -2.17. The smallest absolute Gasteiger partial charge is 0.240 e. The van der Waals surface area contributed by atoms with Crippen LogP contribution in [0.15, 0.2) is 18.2 Å². The van der Waals surface area contributed by atoms with Crippen molar-refractivity contribution in [1.82, 2.24) is 5.32 Å². The summed E-state index contributed by atoms with van der Waals surface area (Å²) in [4.78, 5) is 13.1. The summed E-state index contributed by atoms with van der Waals surface area (Å²) in [6, 6.07) is 5.08. The fraction of sp³-hybridized carbons (Fsp3) is 0.300. The van der Waals surface area contributed by atoms with Crippen LogP contribution in [0.25, 0.3) is 0 Å². The van der Waals surface area contributed by atoms with Crippen LogP contribution in [0.2, 0.25) is 10.0 Å².